The summed E-state index contributed by atoms with van der Waals surface area (Å²) < 4.78 is 13.5. The predicted octanol–water partition coefficient (Wildman–Crippen LogP) is 11.0. The second kappa shape index (κ2) is 31.7. The number of thioether (sulfide) groups is 1. The maximum Gasteiger partial charge on any atom is 0.306 e. The summed E-state index contributed by atoms with van der Waals surface area (Å²) in [6.07, 6.45) is 30.0. The average molecular weight is 706 g/mol. The molecule has 0 aromatic carbocycles. The first-order valence-electron chi connectivity index (χ1n) is 19.8. The number of carbonyl (C=O) groups is 3. The predicted molar refractivity (Wildman–Crippen MR) is 205 cm³/mol. The van der Waals surface area contributed by atoms with E-state index in [9.17, 15) is 14.4 Å². The number of nitrogens with zero attached hydrogens (tertiary/aromatic N) is 3. The molecule has 1 rings (SSSR count). The minimum atomic E-state index is -0.245. The number of rotatable bonds is 32. The number of imidazole rings is 1. The van der Waals surface area contributed by atoms with E-state index in [4.69, 9.17) is 9.47 Å². The first-order valence-corrected chi connectivity index (χ1v) is 20.8. The standard InChI is InChI=1S/C40H71N3O5S/c1-5-8-11-14-15-18-21-34-47-38(44)27-22-30-43(40(46)49-35-24-32-42-33-29-41-36(42)4)31-23-28-39(45)48-37(25-19-16-12-9-6-2)26-20-17-13-10-7-3/h18,21,29,33,37H,5-17,19-20,22-28,30-32,34-35H2,1-4H3/b21-18-. The molecule has 0 spiro atoms. The van der Waals surface area contributed by atoms with Gasteiger partial charge in [0.05, 0.1) is 0 Å². The highest BCUT2D eigenvalue weighted by Crippen LogP contribution is 2.18. The van der Waals surface area contributed by atoms with Gasteiger partial charge in [-0.15, -0.1) is 0 Å². The summed E-state index contributed by atoms with van der Waals surface area (Å²) in [6, 6.07) is 0. The van der Waals surface area contributed by atoms with Crippen molar-refractivity contribution in [2.75, 3.05) is 25.4 Å². The molecule has 0 saturated carbocycles. The van der Waals surface area contributed by atoms with Crippen molar-refractivity contribution in [1.29, 1.82) is 0 Å². The highest BCUT2D eigenvalue weighted by Gasteiger charge is 2.18. The monoisotopic (exact) mass is 706 g/mol. The maximum absolute atomic E-state index is 13.3. The normalized spacial score (nSPS) is 11.4. The second-order valence-electron chi connectivity index (χ2n) is 13.4. The zero-order chi connectivity index (χ0) is 35.8. The third kappa shape index (κ3) is 25.3. The van der Waals surface area contributed by atoms with Gasteiger partial charge in [-0.3, -0.25) is 14.4 Å². The molecule has 0 atom stereocenters. The van der Waals surface area contributed by atoms with Gasteiger partial charge in [-0.25, -0.2) is 4.98 Å². The molecule has 0 fully saturated rings. The summed E-state index contributed by atoms with van der Waals surface area (Å²) in [6.45, 7) is 10.7. The molecule has 0 unspecified atom stereocenters. The Labute approximate surface area is 303 Å². The fourth-order valence-electron chi connectivity index (χ4n) is 5.79. The number of amides is 1. The van der Waals surface area contributed by atoms with Crippen molar-refractivity contribution in [3.05, 3.63) is 30.4 Å². The van der Waals surface area contributed by atoms with Crippen molar-refractivity contribution in [2.45, 2.75) is 182 Å². The fourth-order valence-corrected chi connectivity index (χ4v) is 6.61. The Balaban J connectivity index is 2.57. The number of aromatic nitrogens is 2. The number of esters is 2. The van der Waals surface area contributed by atoms with Crippen LogP contribution in [0.5, 0.6) is 0 Å². The van der Waals surface area contributed by atoms with Crippen LogP contribution in [0.4, 0.5) is 4.79 Å². The zero-order valence-electron chi connectivity index (χ0n) is 31.8. The Kier molecular flexibility index (Phi) is 28.9. The maximum atomic E-state index is 13.3. The molecule has 8 nitrogen and oxygen atoms in total. The van der Waals surface area contributed by atoms with E-state index < -0.39 is 0 Å². The minimum absolute atomic E-state index is 0.00729. The van der Waals surface area contributed by atoms with Gasteiger partial charge in [-0.1, -0.05) is 115 Å². The summed E-state index contributed by atoms with van der Waals surface area (Å²) in [5.41, 5.74) is 0. The van der Waals surface area contributed by atoms with E-state index in [1.165, 1.54) is 88.8 Å². The Hall–Kier alpha value is -2.29. The Morgan fingerprint density at radius 2 is 1.37 bits per heavy atom. The van der Waals surface area contributed by atoms with Gasteiger partial charge in [0.2, 0.25) is 0 Å². The molecular weight excluding hydrogens is 635 g/mol. The summed E-state index contributed by atoms with van der Waals surface area (Å²) >= 11 is 1.31. The zero-order valence-corrected chi connectivity index (χ0v) is 32.6. The lowest BCUT2D eigenvalue weighted by Gasteiger charge is -2.23. The van der Waals surface area contributed by atoms with Crippen LogP contribution in [0.1, 0.15) is 168 Å². The van der Waals surface area contributed by atoms with E-state index in [2.05, 4.69) is 36.4 Å². The van der Waals surface area contributed by atoms with Crippen molar-refractivity contribution in [3.63, 3.8) is 0 Å². The van der Waals surface area contributed by atoms with Crippen LogP contribution in [0, 0.1) is 6.92 Å². The number of aryl methyl sites for hydroxylation is 2. The van der Waals surface area contributed by atoms with E-state index in [0.717, 1.165) is 50.9 Å². The molecule has 0 N–H and O–H groups in total. The van der Waals surface area contributed by atoms with Crippen molar-refractivity contribution in [2.24, 2.45) is 0 Å². The number of ether oxygens (including phenoxy) is 2. The summed E-state index contributed by atoms with van der Waals surface area (Å²) in [5, 5.41) is -0.00729. The van der Waals surface area contributed by atoms with Gasteiger partial charge in [-0.05, 0) is 64.7 Å². The van der Waals surface area contributed by atoms with Gasteiger partial charge in [0, 0.05) is 50.6 Å². The number of allylic oxidation sites excluding steroid dienone is 1. The van der Waals surface area contributed by atoms with Crippen molar-refractivity contribution >= 4 is 28.9 Å². The molecule has 0 radical (unpaired) electrons. The number of unbranched alkanes of at least 4 members (excludes halogenated alkanes) is 12. The van der Waals surface area contributed by atoms with Crippen LogP contribution in [0.25, 0.3) is 0 Å². The summed E-state index contributed by atoms with van der Waals surface area (Å²) in [5.74, 6) is 1.25. The largest absolute Gasteiger partial charge is 0.462 e. The van der Waals surface area contributed by atoms with Gasteiger partial charge >= 0.3 is 11.9 Å². The molecule has 1 amide bonds. The highest BCUT2D eigenvalue weighted by molar-refractivity contribution is 8.13. The minimum Gasteiger partial charge on any atom is -0.462 e. The first-order chi connectivity index (χ1) is 23.9. The van der Waals surface area contributed by atoms with Gasteiger partial charge in [0.15, 0.2) is 0 Å². The van der Waals surface area contributed by atoms with Crippen LogP contribution in [0.2, 0.25) is 0 Å². The lowest BCUT2D eigenvalue weighted by molar-refractivity contribution is -0.150. The average Bonchev–Trinajstić information content (AvgIpc) is 3.50. The van der Waals surface area contributed by atoms with Gasteiger partial charge in [0.1, 0.15) is 18.5 Å². The molecule has 0 aliphatic heterocycles. The van der Waals surface area contributed by atoms with E-state index in [-0.39, 0.29) is 29.7 Å². The summed E-state index contributed by atoms with van der Waals surface area (Å²) in [7, 11) is 0. The fraction of sp³-hybridized carbons (Fsp3) is 0.800. The third-order valence-electron chi connectivity index (χ3n) is 8.86. The van der Waals surface area contributed by atoms with E-state index in [1.54, 1.807) is 11.1 Å². The second-order valence-corrected chi connectivity index (χ2v) is 14.4. The van der Waals surface area contributed by atoms with Crippen molar-refractivity contribution in [1.82, 2.24) is 14.5 Å². The summed E-state index contributed by atoms with van der Waals surface area (Å²) in [4.78, 5) is 44.6. The topological polar surface area (TPSA) is 90.7 Å². The Morgan fingerprint density at radius 3 is 1.96 bits per heavy atom. The van der Waals surface area contributed by atoms with Crippen LogP contribution in [-0.2, 0) is 25.6 Å². The quantitative estimate of drug-likeness (QED) is 0.0418. The van der Waals surface area contributed by atoms with Crippen LogP contribution < -0.4 is 0 Å². The molecule has 1 heterocycles. The smallest absolute Gasteiger partial charge is 0.306 e. The molecule has 1 aromatic rings. The first kappa shape index (κ1) is 44.7. The number of carbonyl (C=O) groups excluding carboxylic acids is 3. The SMILES string of the molecule is CCCCCC/C=C\COC(=O)CCCN(CCCC(=O)OC(CCCCCCC)CCCCCCC)C(=O)SCCCn1ccnc1C. The highest BCUT2D eigenvalue weighted by atomic mass is 32.2. The molecular formula is C40H71N3O5S. The Morgan fingerprint density at radius 1 is 0.776 bits per heavy atom. The van der Waals surface area contributed by atoms with E-state index in [1.807, 2.05) is 19.2 Å². The lowest BCUT2D eigenvalue weighted by Crippen LogP contribution is -2.31. The van der Waals surface area contributed by atoms with Gasteiger partial charge in [0.25, 0.3) is 5.24 Å². The van der Waals surface area contributed by atoms with E-state index in [0.29, 0.717) is 44.7 Å². The van der Waals surface area contributed by atoms with E-state index >= 15 is 0 Å². The molecule has 49 heavy (non-hydrogen) atoms. The molecule has 282 valence electrons. The number of hydrogen-bond donors (Lipinski definition) is 0. The third-order valence-corrected chi connectivity index (χ3v) is 9.86. The van der Waals surface area contributed by atoms with Crippen molar-refractivity contribution < 1.29 is 23.9 Å². The van der Waals surface area contributed by atoms with Crippen LogP contribution in [0.15, 0.2) is 24.5 Å². The lowest BCUT2D eigenvalue weighted by atomic mass is 10.0. The molecule has 0 aliphatic carbocycles. The number of hydrogen-bond acceptors (Lipinski definition) is 7. The molecule has 0 bridgehead atoms. The Bertz CT molecular complexity index is 984. The molecule has 9 heteroatoms. The van der Waals surface area contributed by atoms with Crippen LogP contribution >= 0.6 is 11.8 Å². The van der Waals surface area contributed by atoms with Crippen molar-refractivity contribution in [3.8, 4) is 0 Å². The van der Waals surface area contributed by atoms with Gasteiger partial charge < -0.3 is 18.9 Å². The molecule has 0 saturated heterocycles. The van der Waals surface area contributed by atoms with Crippen LogP contribution in [0.3, 0.4) is 0 Å². The molecule has 0 aliphatic rings. The molecule has 1 aromatic heterocycles. The van der Waals surface area contributed by atoms with Crippen LogP contribution in [-0.4, -0.2) is 63.2 Å². The van der Waals surface area contributed by atoms with Gasteiger partial charge in [-0.2, -0.15) is 0 Å².